The van der Waals surface area contributed by atoms with Crippen LogP contribution in [-0.2, 0) is 14.3 Å². The number of aryl methyl sites for hydroxylation is 1. The molecule has 1 amide bonds. The predicted molar refractivity (Wildman–Crippen MR) is 141 cm³/mol. The number of aromatic nitrogens is 1. The lowest BCUT2D eigenvalue weighted by molar-refractivity contribution is -0.139. The van der Waals surface area contributed by atoms with E-state index in [0.29, 0.717) is 50.6 Å². The van der Waals surface area contributed by atoms with Gasteiger partial charge in [0.1, 0.15) is 10.3 Å². The standard InChI is InChI=1S/C28H27N3O5S/c1-5-8-20-22(27(34)36-6-2)23(16-9-7-10-17(14-16)35-4)31-26(33)24(37-28(31)30-20)21-18-13-15(3)11-12-19(18)29-25(21)32/h7,9-14,23H,5-6,8H2,1-4H3,(H,29,32)/b24-21-/t23-/m0/s1. The number of carbonyl (C=O) groups excluding carboxylic acids is 2. The molecule has 0 fully saturated rings. The van der Waals surface area contributed by atoms with E-state index in [1.807, 2.05) is 44.2 Å². The van der Waals surface area contributed by atoms with E-state index in [-0.39, 0.29) is 22.6 Å². The Labute approximate surface area is 217 Å². The van der Waals surface area contributed by atoms with Gasteiger partial charge in [-0.25, -0.2) is 9.79 Å². The van der Waals surface area contributed by atoms with E-state index in [1.54, 1.807) is 26.2 Å². The molecule has 3 aromatic rings. The first-order valence-corrected chi connectivity index (χ1v) is 13.0. The molecule has 1 N–H and O–H groups in total. The van der Waals surface area contributed by atoms with E-state index < -0.39 is 12.0 Å². The molecule has 0 radical (unpaired) electrons. The molecule has 3 heterocycles. The molecule has 2 aliphatic heterocycles. The molecule has 9 heteroatoms. The minimum Gasteiger partial charge on any atom is -0.497 e. The van der Waals surface area contributed by atoms with E-state index in [1.165, 1.54) is 15.9 Å². The largest absolute Gasteiger partial charge is 0.497 e. The molecule has 37 heavy (non-hydrogen) atoms. The quantitative estimate of drug-likeness (QED) is 0.507. The summed E-state index contributed by atoms with van der Waals surface area (Å²) in [7, 11) is 1.56. The molecule has 0 unspecified atom stereocenters. The fraction of sp³-hybridized carbons (Fsp3) is 0.286. The maximum Gasteiger partial charge on any atom is 0.338 e. The summed E-state index contributed by atoms with van der Waals surface area (Å²) in [6, 6.07) is 12.1. The summed E-state index contributed by atoms with van der Waals surface area (Å²) in [6.45, 7) is 5.88. The first-order chi connectivity index (χ1) is 17.9. The van der Waals surface area contributed by atoms with Crippen LogP contribution < -0.4 is 24.9 Å². The predicted octanol–water partition coefficient (Wildman–Crippen LogP) is 3.22. The second-order valence-corrected chi connectivity index (χ2v) is 9.87. The number of carbonyl (C=O) groups is 2. The fourth-order valence-corrected chi connectivity index (χ4v) is 5.92. The van der Waals surface area contributed by atoms with Crippen molar-refractivity contribution < 1.29 is 19.1 Å². The van der Waals surface area contributed by atoms with E-state index in [2.05, 4.69) is 5.32 Å². The van der Waals surface area contributed by atoms with Crippen LogP contribution in [0.3, 0.4) is 0 Å². The van der Waals surface area contributed by atoms with Crippen LogP contribution in [0.4, 0.5) is 5.69 Å². The third kappa shape index (κ3) is 4.19. The van der Waals surface area contributed by atoms with Gasteiger partial charge in [-0.3, -0.25) is 14.2 Å². The summed E-state index contributed by atoms with van der Waals surface area (Å²) < 4.78 is 12.7. The van der Waals surface area contributed by atoms with Crippen molar-refractivity contribution in [2.45, 2.75) is 39.7 Å². The van der Waals surface area contributed by atoms with Crippen molar-refractivity contribution >= 4 is 34.5 Å². The first kappa shape index (κ1) is 24.7. The summed E-state index contributed by atoms with van der Waals surface area (Å²) >= 11 is 1.17. The van der Waals surface area contributed by atoms with Crippen molar-refractivity contribution in [1.82, 2.24) is 4.57 Å². The summed E-state index contributed by atoms with van der Waals surface area (Å²) in [5, 5.41) is 2.86. The highest BCUT2D eigenvalue weighted by atomic mass is 32.1. The molecule has 8 nitrogen and oxygen atoms in total. The lowest BCUT2D eigenvalue weighted by Gasteiger charge is -2.26. The van der Waals surface area contributed by atoms with E-state index in [9.17, 15) is 14.4 Å². The topological polar surface area (TPSA) is 99.0 Å². The van der Waals surface area contributed by atoms with Gasteiger partial charge in [0.25, 0.3) is 11.5 Å². The molecular formula is C28H27N3O5S. The van der Waals surface area contributed by atoms with Crippen LogP contribution in [0.5, 0.6) is 5.75 Å². The molecule has 2 aliphatic rings. The smallest absolute Gasteiger partial charge is 0.338 e. The minimum absolute atomic E-state index is 0.192. The number of hydrogen-bond donors (Lipinski definition) is 1. The highest BCUT2D eigenvalue weighted by molar-refractivity contribution is 7.07. The van der Waals surface area contributed by atoms with Crippen LogP contribution in [0.1, 0.15) is 49.4 Å². The van der Waals surface area contributed by atoms with Crippen LogP contribution in [-0.4, -0.2) is 30.2 Å². The average Bonchev–Trinajstić information content (AvgIpc) is 3.38. The number of thiazole rings is 1. The second-order valence-electron chi connectivity index (χ2n) is 8.89. The van der Waals surface area contributed by atoms with Gasteiger partial charge in [0.15, 0.2) is 4.80 Å². The van der Waals surface area contributed by atoms with Gasteiger partial charge in [-0.2, -0.15) is 0 Å². The Balaban J connectivity index is 1.85. The van der Waals surface area contributed by atoms with Crippen LogP contribution in [0, 0.1) is 6.92 Å². The zero-order valence-corrected chi connectivity index (χ0v) is 21.9. The minimum atomic E-state index is -0.775. The molecule has 0 saturated carbocycles. The molecule has 0 bridgehead atoms. The highest BCUT2D eigenvalue weighted by Gasteiger charge is 2.36. The van der Waals surface area contributed by atoms with Gasteiger partial charge in [0, 0.05) is 11.3 Å². The fourth-order valence-electron chi connectivity index (χ4n) is 4.80. The number of benzene rings is 2. The van der Waals surface area contributed by atoms with Gasteiger partial charge in [-0.1, -0.05) is 48.4 Å². The van der Waals surface area contributed by atoms with Crippen molar-refractivity contribution in [3.8, 4) is 5.75 Å². The summed E-state index contributed by atoms with van der Waals surface area (Å²) in [5.74, 6) is -0.249. The van der Waals surface area contributed by atoms with Gasteiger partial charge in [-0.15, -0.1) is 0 Å². The highest BCUT2D eigenvalue weighted by Crippen LogP contribution is 2.35. The monoisotopic (exact) mass is 517 g/mol. The number of esters is 1. The average molecular weight is 518 g/mol. The molecule has 0 saturated heterocycles. The molecule has 1 atom stereocenters. The van der Waals surface area contributed by atoms with Crippen molar-refractivity contribution in [3.63, 3.8) is 0 Å². The third-order valence-corrected chi connectivity index (χ3v) is 7.48. The SMILES string of the molecule is CCCC1=C(C(=O)OCC)[C@H](c2cccc(OC)c2)n2c(s/c(=C3\C(=O)Nc4ccc(C)cc43)c2=O)=N1. The molecule has 5 rings (SSSR count). The maximum absolute atomic E-state index is 14.1. The van der Waals surface area contributed by atoms with Gasteiger partial charge < -0.3 is 14.8 Å². The number of hydrogen-bond acceptors (Lipinski definition) is 7. The van der Waals surface area contributed by atoms with Crippen molar-refractivity contribution in [3.05, 3.63) is 90.1 Å². The van der Waals surface area contributed by atoms with Crippen molar-refractivity contribution in [2.24, 2.45) is 4.99 Å². The summed E-state index contributed by atoms with van der Waals surface area (Å²) in [4.78, 5) is 45.6. The number of fused-ring (bicyclic) bond motifs is 2. The van der Waals surface area contributed by atoms with Gasteiger partial charge in [-0.05, 0) is 50.1 Å². The first-order valence-electron chi connectivity index (χ1n) is 12.2. The zero-order chi connectivity index (χ0) is 26.3. The Kier molecular flexibility index (Phi) is 6.55. The van der Waals surface area contributed by atoms with Crippen molar-refractivity contribution in [1.29, 1.82) is 0 Å². The maximum atomic E-state index is 14.1. The Hall–Kier alpha value is -3.98. The number of methoxy groups -OCH3 is 1. The van der Waals surface area contributed by atoms with Gasteiger partial charge >= 0.3 is 5.97 Å². The molecule has 0 spiro atoms. The number of anilines is 1. The Bertz CT molecular complexity index is 1650. The molecule has 0 aliphatic carbocycles. The Morgan fingerprint density at radius 1 is 1.16 bits per heavy atom. The third-order valence-electron chi connectivity index (χ3n) is 6.42. The Morgan fingerprint density at radius 3 is 2.70 bits per heavy atom. The van der Waals surface area contributed by atoms with E-state index in [0.717, 1.165) is 12.0 Å². The number of rotatable bonds is 6. The summed E-state index contributed by atoms with van der Waals surface area (Å²) in [6.07, 6.45) is 1.29. The Morgan fingerprint density at radius 2 is 1.97 bits per heavy atom. The van der Waals surface area contributed by atoms with Crippen LogP contribution >= 0.6 is 11.3 Å². The van der Waals surface area contributed by atoms with E-state index in [4.69, 9.17) is 14.5 Å². The normalized spacial score (nSPS) is 17.6. The molecule has 1 aromatic heterocycles. The number of ether oxygens (including phenoxy) is 2. The lowest BCUT2D eigenvalue weighted by atomic mass is 9.94. The van der Waals surface area contributed by atoms with Gasteiger partial charge in [0.05, 0.1) is 36.6 Å². The number of nitrogens with zero attached hydrogens (tertiary/aromatic N) is 2. The van der Waals surface area contributed by atoms with Crippen LogP contribution in [0.25, 0.3) is 5.57 Å². The molecular weight excluding hydrogens is 490 g/mol. The molecule has 2 aromatic carbocycles. The lowest BCUT2D eigenvalue weighted by Crippen LogP contribution is -2.40. The van der Waals surface area contributed by atoms with Crippen LogP contribution in [0.15, 0.2) is 63.5 Å². The zero-order valence-electron chi connectivity index (χ0n) is 21.1. The number of amides is 1. The van der Waals surface area contributed by atoms with Gasteiger partial charge in [0.2, 0.25) is 0 Å². The summed E-state index contributed by atoms with van der Waals surface area (Å²) in [5.41, 5.74) is 3.87. The van der Waals surface area contributed by atoms with E-state index >= 15 is 0 Å². The molecule has 190 valence electrons. The number of allylic oxidation sites excluding steroid dienone is 1. The van der Waals surface area contributed by atoms with Crippen LogP contribution in [0.2, 0.25) is 0 Å². The second kappa shape index (κ2) is 9.82. The number of nitrogens with one attached hydrogen (secondary N) is 1. The van der Waals surface area contributed by atoms with Crippen molar-refractivity contribution in [2.75, 3.05) is 19.0 Å².